The maximum absolute atomic E-state index is 12.7. The van der Waals surface area contributed by atoms with Gasteiger partial charge in [-0.15, -0.1) is 0 Å². The van der Waals surface area contributed by atoms with Gasteiger partial charge in [0, 0.05) is 0 Å². The quantitative estimate of drug-likeness (QED) is 0.684. The van der Waals surface area contributed by atoms with Crippen LogP contribution >= 0.6 is 0 Å². The Kier molecular flexibility index (Phi) is 7.01. The molecule has 0 amide bonds. The zero-order valence-electron chi connectivity index (χ0n) is 11.9. The van der Waals surface area contributed by atoms with Gasteiger partial charge in [0.15, 0.2) is 0 Å². The van der Waals surface area contributed by atoms with E-state index in [9.17, 15) is 9.18 Å². The summed E-state index contributed by atoms with van der Waals surface area (Å²) in [7, 11) is 0. The van der Waals surface area contributed by atoms with Gasteiger partial charge >= 0.3 is 5.97 Å². The van der Waals surface area contributed by atoms with Crippen molar-refractivity contribution < 1.29 is 19.0 Å². The van der Waals surface area contributed by atoms with E-state index in [-0.39, 0.29) is 5.82 Å². The van der Waals surface area contributed by atoms with Crippen LogP contribution in [0.5, 0.6) is 5.75 Å². The summed E-state index contributed by atoms with van der Waals surface area (Å²) in [5.41, 5.74) is 0. The fraction of sp³-hybridized carbons (Fsp3) is 0.533. The van der Waals surface area contributed by atoms with Crippen molar-refractivity contribution in [2.24, 2.45) is 5.92 Å². The second-order valence-corrected chi connectivity index (χ2v) is 5.13. The number of hydrogen-bond donors (Lipinski definition) is 2. The zero-order valence-corrected chi connectivity index (χ0v) is 11.9. The highest BCUT2D eigenvalue weighted by Crippen LogP contribution is 2.11. The van der Waals surface area contributed by atoms with E-state index in [0.29, 0.717) is 37.7 Å². The second kappa shape index (κ2) is 8.53. The molecule has 1 atom stereocenters. The maximum atomic E-state index is 12.7. The molecule has 0 aliphatic carbocycles. The van der Waals surface area contributed by atoms with E-state index in [1.54, 1.807) is 12.1 Å². The number of hydrogen-bond acceptors (Lipinski definition) is 3. The first-order valence-electron chi connectivity index (χ1n) is 6.83. The topological polar surface area (TPSA) is 58.6 Å². The highest BCUT2D eigenvalue weighted by atomic mass is 19.1. The Balaban J connectivity index is 2.20. The first kappa shape index (κ1) is 16.4. The number of carbonyl (C=O) groups is 1. The molecule has 0 fully saturated rings. The molecule has 0 heterocycles. The number of aliphatic carboxylic acids is 1. The second-order valence-electron chi connectivity index (χ2n) is 5.13. The third kappa shape index (κ3) is 6.52. The molecule has 20 heavy (non-hydrogen) atoms. The average Bonchev–Trinajstić information content (AvgIpc) is 2.38. The van der Waals surface area contributed by atoms with Gasteiger partial charge in [0.25, 0.3) is 0 Å². The van der Waals surface area contributed by atoms with Crippen LogP contribution in [0.4, 0.5) is 4.39 Å². The van der Waals surface area contributed by atoms with Crippen LogP contribution in [-0.2, 0) is 4.79 Å². The predicted octanol–water partition coefficient (Wildman–Crippen LogP) is 2.68. The summed E-state index contributed by atoms with van der Waals surface area (Å²) in [6.07, 6.45) is 1.30. The predicted molar refractivity (Wildman–Crippen MR) is 75.4 cm³/mol. The van der Waals surface area contributed by atoms with Crippen LogP contribution in [-0.4, -0.2) is 30.3 Å². The fourth-order valence-electron chi connectivity index (χ4n) is 1.81. The SMILES string of the molecule is CC(C)CC(NCCCOc1ccc(F)cc1)C(=O)O. The van der Waals surface area contributed by atoms with Gasteiger partial charge in [-0.2, -0.15) is 0 Å². The van der Waals surface area contributed by atoms with Gasteiger partial charge in [-0.1, -0.05) is 13.8 Å². The minimum Gasteiger partial charge on any atom is -0.494 e. The third-order valence-electron chi connectivity index (χ3n) is 2.80. The van der Waals surface area contributed by atoms with Crippen LogP contribution in [0.2, 0.25) is 0 Å². The molecule has 2 N–H and O–H groups in total. The average molecular weight is 283 g/mol. The summed E-state index contributed by atoms with van der Waals surface area (Å²) in [5.74, 6) is -0.169. The van der Waals surface area contributed by atoms with Crippen LogP contribution in [0.1, 0.15) is 26.7 Å². The van der Waals surface area contributed by atoms with Crippen LogP contribution in [0.25, 0.3) is 0 Å². The lowest BCUT2D eigenvalue weighted by molar-refractivity contribution is -0.139. The molecule has 4 nitrogen and oxygen atoms in total. The smallest absolute Gasteiger partial charge is 0.320 e. The number of benzene rings is 1. The lowest BCUT2D eigenvalue weighted by Gasteiger charge is -2.16. The molecule has 0 radical (unpaired) electrons. The van der Waals surface area contributed by atoms with Crippen molar-refractivity contribution >= 4 is 5.97 Å². The van der Waals surface area contributed by atoms with Gasteiger partial charge < -0.3 is 15.2 Å². The van der Waals surface area contributed by atoms with E-state index in [4.69, 9.17) is 9.84 Å². The molecule has 1 rings (SSSR count). The van der Waals surface area contributed by atoms with E-state index >= 15 is 0 Å². The van der Waals surface area contributed by atoms with Crippen molar-refractivity contribution in [3.8, 4) is 5.75 Å². The first-order chi connectivity index (χ1) is 9.49. The molecule has 1 aromatic rings. The summed E-state index contributed by atoms with van der Waals surface area (Å²) >= 11 is 0. The molecule has 0 aromatic heterocycles. The molecule has 0 aliphatic heterocycles. The molecule has 5 heteroatoms. The van der Waals surface area contributed by atoms with E-state index in [1.807, 2.05) is 13.8 Å². The molecule has 0 bridgehead atoms. The molecule has 0 spiro atoms. The number of ether oxygens (including phenoxy) is 1. The van der Waals surface area contributed by atoms with Crippen LogP contribution < -0.4 is 10.1 Å². The Morgan fingerprint density at radius 3 is 2.55 bits per heavy atom. The molecule has 0 saturated heterocycles. The normalized spacial score (nSPS) is 12.4. The van der Waals surface area contributed by atoms with Crippen molar-refractivity contribution in [3.05, 3.63) is 30.1 Å². The fourth-order valence-corrected chi connectivity index (χ4v) is 1.81. The van der Waals surface area contributed by atoms with Gasteiger partial charge in [-0.25, -0.2) is 4.39 Å². The van der Waals surface area contributed by atoms with Crippen molar-refractivity contribution in [1.82, 2.24) is 5.32 Å². The summed E-state index contributed by atoms with van der Waals surface area (Å²) in [6, 6.07) is 5.32. The van der Waals surface area contributed by atoms with Crippen LogP contribution in [0.15, 0.2) is 24.3 Å². The largest absolute Gasteiger partial charge is 0.494 e. The number of rotatable bonds is 9. The van der Waals surface area contributed by atoms with Crippen molar-refractivity contribution in [2.75, 3.05) is 13.2 Å². The Morgan fingerprint density at radius 2 is 2.00 bits per heavy atom. The van der Waals surface area contributed by atoms with E-state index < -0.39 is 12.0 Å². The molecule has 1 aromatic carbocycles. The van der Waals surface area contributed by atoms with Crippen LogP contribution in [0, 0.1) is 11.7 Å². The number of carboxylic acids is 1. The molecule has 0 aliphatic rings. The number of nitrogens with one attached hydrogen (secondary N) is 1. The van der Waals surface area contributed by atoms with Crippen LogP contribution in [0.3, 0.4) is 0 Å². The third-order valence-corrected chi connectivity index (χ3v) is 2.80. The number of carboxylic acid groups (broad SMARTS) is 1. The molecule has 1 unspecified atom stereocenters. The van der Waals surface area contributed by atoms with Gasteiger partial charge in [-0.05, 0) is 49.6 Å². The summed E-state index contributed by atoms with van der Waals surface area (Å²) in [4.78, 5) is 11.0. The minimum atomic E-state index is -0.821. The first-order valence-corrected chi connectivity index (χ1v) is 6.83. The Labute approximate surface area is 119 Å². The van der Waals surface area contributed by atoms with Gasteiger partial charge in [0.05, 0.1) is 6.61 Å². The Bertz CT molecular complexity index is 406. The molecule has 112 valence electrons. The highest BCUT2D eigenvalue weighted by Gasteiger charge is 2.17. The highest BCUT2D eigenvalue weighted by molar-refractivity contribution is 5.73. The lowest BCUT2D eigenvalue weighted by atomic mass is 10.0. The molecular formula is C15H22FNO3. The van der Waals surface area contributed by atoms with Crippen molar-refractivity contribution in [1.29, 1.82) is 0 Å². The monoisotopic (exact) mass is 283 g/mol. The van der Waals surface area contributed by atoms with E-state index in [1.165, 1.54) is 12.1 Å². The van der Waals surface area contributed by atoms with Crippen molar-refractivity contribution in [3.63, 3.8) is 0 Å². The van der Waals surface area contributed by atoms with E-state index in [0.717, 1.165) is 0 Å². The standard InChI is InChI=1S/C15H22FNO3/c1-11(2)10-14(15(18)19)17-8-3-9-20-13-6-4-12(16)5-7-13/h4-7,11,14,17H,3,8-10H2,1-2H3,(H,18,19). The molecule has 0 saturated carbocycles. The summed E-state index contributed by atoms with van der Waals surface area (Å²) in [5, 5.41) is 12.1. The Hall–Kier alpha value is -1.62. The van der Waals surface area contributed by atoms with Crippen molar-refractivity contribution in [2.45, 2.75) is 32.7 Å². The zero-order chi connectivity index (χ0) is 15.0. The van der Waals surface area contributed by atoms with Gasteiger partial charge in [-0.3, -0.25) is 4.79 Å². The summed E-state index contributed by atoms with van der Waals surface area (Å²) in [6.45, 7) is 5.03. The maximum Gasteiger partial charge on any atom is 0.320 e. The Morgan fingerprint density at radius 1 is 1.35 bits per heavy atom. The summed E-state index contributed by atoms with van der Waals surface area (Å²) < 4.78 is 18.1. The number of halogens is 1. The minimum absolute atomic E-state index is 0.294. The van der Waals surface area contributed by atoms with Gasteiger partial charge in [0.2, 0.25) is 0 Å². The van der Waals surface area contributed by atoms with Gasteiger partial charge in [0.1, 0.15) is 17.6 Å². The lowest BCUT2D eigenvalue weighted by Crippen LogP contribution is -2.38. The van der Waals surface area contributed by atoms with E-state index in [2.05, 4.69) is 5.32 Å². The molecular weight excluding hydrogens is 261 g/mol.